The molecule has 0 nitrogen and oxygen atoms in total. The average molecular weight is 228 g/mol. The maximum atomic E-state index is 12.3. The first-order valence-electron chi connectivity index (χ1n) is 3.46. The van der Waals surface area contributed by atoms with Gasteiger partial charge in [0.1, 0.15) is 0 Å². The average Bonchev–Trinajstić information content (AvgIpc) is 2.01. The van der Waals surface area contributed by atoms with E-state index in [1.54, 1.807) is 0 Å². The van der Waals surface area contributed by atoms with Crippen molar-refractivity contribution >= 4 is 0 Å². The van der Waals surface area contributed by atoms with E-state index in [1.165, 1.54) is 0 Å². The Labute approximate surface area is 72.9 Å². The lowest BCUT2D eigenvalue weighted by molar-refractivity contribution is -0.362. The lowest BCUT2D eigenvalue weighted by Gasteiger charge is -2.40. The van der Waals surface area contributed by atoms with Crippen molar-refractivity contribution in [1.29, 1.82) is 0 Å². The van der Waals surface area contributed by atoms with Crippen molar-refractivity contribution in [3.05, 3.63) is 0 Å². The minimum Gasteiger partial charge on any atom is -0.240 e. The van der Waals surface area contributed by atoms with Crippen molar-refractivity contribution in [3.8, 4) is 0 Å². The first kappa shape index (κ1) is 11.5. The molecule has 0 amide bonds. The highest BCUT2D eigenvalue weighted by molar-refractivity contribution is 5.08. The molecular formula is C6H4F8. The molecule has 0 aliphatic heterocycles. The Morgan fingerprint density at radius 3 is 1.29 bits per heavy atom. The molecule has 0 radical (unpaired) electrons. The van der Waals surface area contributed by atoms with Gasteiger partial charge in [-0.05, 0) is 0 Å². The third-order valence-corrected chi connectivity index (χ3v) is 2.04. The molecule has 8 heteroatoms. The number of rotatable bonds is 0. The second-order valence-corrected chi connectivity index (χ2v) is 2.99. The van der Waals surface area contributed by atoms with E-state index >= 15 is 0 Å². The van der Waals surface area contributed by atoms with Gasteiger partial charge in [-0.2, -0.15) is 26.3 Å². The van der Waals surface area contributed by atoms with Crippen LogP contribution < -0.4 is 0 Å². The quantitative estimate of drug-likeness (QED) is 0.559. The Kier molecular flexibility index (Phi) is 2.24. The van der Waals surface area contributed by atoms with E-state index in [9.17, 15) is 35.1 Å². The first-order valence-corrected chi connectivity index (χ1v) is 3.46. The van der Waals surface area contributed by atoms with Crippen LogP contribution in [0.5, 0.6) is 0 Å². The van der Waals surface area contributed by atoms with Gasteiger partial charge in [-0.3, -0.25) is 0 Å². The van der Waals surface area contributed by atoms with Crippen molar-refractivity contribution < 1.29 is 35.1 Å². The summed E-state index contributed by atoms with van der Waals surface area (Å²) in [4.78, 5) is 0. The molecule has 0 bridgehead atoms. The van der Waals surface area contributed by atoms with Crippen LogP contribution in [-0.4, -0.2) is 30.1 Å². The zero-order chi connectivity index (χ0) is 11.4. The second-order valence-electron chi connectivity index (χ2n) is 2.99. The molecule has 2 unspecified atom stereocenters. The minimum atomic E-state index is -6.00. The highest BCUT2D eigenvalue weighted by Crippen LogP contribution is 2.55. The molecule has 0 aromatic carbocycles. The number of alkyl halides is 8. The van der Waals surface area contributed by atoms with E-state index in [0.717, 1.165) is 0 Å². The van der Waals surface area contributed by atoms with Crippen LogP contribution in [0.3, 0.4) is 0 Å². The van der Waals surface area contributed by atoms with Gasteiger partial charge in [0.05, 0.1) is 0 Å². The molecule has 1 aliphatic rings. The fraction of sp³-hybridized carbons (Fsp3) is 1.00. The third-order valence-electron chi connectivity index (χ3n) is 2.04. The van der Waals surface area contributed by atoms with Gasteiger partial charge in [0.25, 0.3) is 0 Å². The number of hydrogen-bond acceptors (Lipinski definition) is 0. The molecule has 0 N–H and O–H groups in total. The predicted octanol–water partition coefficient (Wildman–Crippen LogP) is 2.97. The Balaban J connectivity index is 3.17. The van der Waals surface area contributed by atoms with E-state index in [-0.39, 0.29) is 0 Å². The van der Waals surface area contributed by atoms with Crippen LogP contribution in [-0.2, 0) is 0 Å². The molecule has 1 aliphatic carbocycles. The van der Waals surface area contributed by atoms with Gasteiger partial charge in [0, 0.05) is 6.42 Å². The molecule has 0 saturated heterocycles. The highest BCUT2D eigenvalue weighted by Gasteiger charge is 2.80. The molecule has 0 heterocycles. The first-order chi connectivity index (χ1) is 6.05. The molecular weight excluding hydrogens is 224 g/mol. The summed E-state index contributed by atoms with van der Waals surface area (Å²) in [6.07, 6.45) is -9.14. The van der Waals surface area contributed by atoms with Crippen LogP contribution in [0.1, 0.15) is 6.42 Å². The van der Waals surface area contributed by atoms with E-state index in [4.69, 9.17) is 0 Å². The van der Waals surface area contributed by atoms with Crippen LogP contribution in [0.2, 0.25) is 0 Å². The molecule has 1 saturated carbocycles. The summed E-state index contributed by atoms with van der Waals surface area (Å²) in [5.41, 5.74) is 0. The lowest BCUT2D eigenvalue weighted by atomic mass is 9.86. The summed E-state index contributed by atoms with van der Waals surface area (Å²) in [6.45, 7) is 0. The topological polar surface area (TPSA) is 0 Å². The van der Waals surface area contributed by atoms with E-state index in [2.05, 4.69) is 0 Å². The van der Waals surface area contributed by atoms with Crippen LogP contribution in [0.25, 0.3) is 0 Å². The van der Waals surface area contributed by atoms with Gasteiger partial charge in [-0.1, -0.05) is 0 Å². The predicted molar refractivity (Wildman–Crippen MR) is 29.2 cm³/mol. The largest absolute Gasteiger partial charge is 0.377 e. The Morgan fingerprint density at radius 1 is 0.714 bits per heavy atom. The molecule has 0 aromatic heterocycles. The molecule has 0 aromatic rings. The third kappa shape index (κ3) is 1.12. The van der Waals surface area contributed by atoms with E-state index < -0.39 is 36.5 Å². The summed E-state index contributed by atoms with van der Waals surface area (Å²) in [5.74, 6) is -17.1. The van der Waals surface area contributed by atoms with Crippen molar-refractivity contribution in [2.75, 3.05) is 0 Å². The Bertz CT molecular complexity index is 212. The van der Waals surface area contributed by atoms with Crippen LogP contribution in [0, 0.1) is 0 Å². The summed E-state index contributed by atoms with van der Waals surface area (Å²) >= 11 is 0. The fourth-order valence-electron chi connectivity index (χ4n) is 1.09. The van der Waals surface area contributed by atoms with Gasteiger partial charge < -0.3 is 0 Å². The zero-order valence-corrected chi connectivity index (χ0v) is 6.39. The number of halogens is 8. The summed E-state index contributed by atoms with van der Waals surface area (Å²) in [7, 11) is 0. The van der Waals surface area contributed by atoms with Gasteiger partial charge in [-0.15, -0.1) is 0 Å². The summed E-state index contributed by atoms with van der Waals surface area (Å²) in [5, 5.41) is 0. The van der Waals surface area contributed by atoms with Gasteiger partial charge in [0.2, 0.25) is 0 Å². The van der Waals surface area contributed by atoms with Crippen molar-refractivity contribution in [3.63, 3.8) is 0 Å². The summed E-state index contributed by atoms with van der Waals surface area (Å²) in [6, 6.07) is 0. The smallest absolute Gasteiger partial charge is 0.240 e. The fourth-order valence-corrected chi connectivity index (χ4v) is 1.09. The van der Waals surface area contributed by atoms with Gasteiger partial charge in [0.15, 0.2) is 12.3 Å². The minimum absolute atomic E-state index is 1.93. The molecule has 0 spiro atoms. The monoisotopic (exact) mass is 228 g/mol. The molecule has 14 heavy (non-hydrogen) atoms. The Hall–Kier alpha value is -0.560. The van der Waals surface area contributed by atoms with E-state index in [0.29, 0.717) is 0 Å². The number of hydrogen-bond donors (Lipinski definition) is 0. The SMILES string of the molecule is FC1CC(F)C(F)(F)C(F)(F)C1(F)F. The van der Waals surface area contributed by atoms with Gasteiger partial charge >= 0.3 is 17.8 Å². The molecule has 1 rings (SSSR count). The van der Waals surface area contributed by atoms with Crippen molar-refractivity contribution in [2.24, 2.45) is 0 Å². The standard InChI is InChI=1S/C6H4F8/c7-2-1-3(8)5(11,12)6(13,14)4(2,9)10/h2-3H,1H2. The molecule has 84 valence electrons. The van der Waals surface area contributed by atoms with Gasteiger partial charge in [-0.25, -0.2) is 8.78 Å². The molecule has 1 fully saturated rings. The maximum absolute atomic E-state index is 12.3. The van der Waals surface area contributed by atoms with Crippen LogP contribution in [0.4, 0.5) is 35.1 Å². The summed E-state index contributed by atoms with van der Waals surface area (Å²) < 4.78 is 98.1. The van der Waals surface area contributed by atoms with Crippen molar-refractivity contribution in [2.45, 2.75) is 36.5 Å². The normalized spacial score (nSPS) is 39.4. The highest BCUT2D eigenvalue weighted by atomic mass is 19.4. The van der Waals surface area contributed by atoms with E-state index in [1.807, 2.05) is 0 Å². The zero-order valence-electron chi connectivity index (χ0n) is 6.39. The van der Waals surface area contributed by atoms with Crippen LogP contribution in [0.15, 0.2) is 0 Å². The Morgan fingerprint density at radius 2 is 1.00 bits per heavy atom. The van der Waals surface area contributed by atoms with Crippen LogP contribution >= 0.6 is 0 Å². The second kappa shape index (κ2) is 2.73. The van der Waals surface area contributed by atoms with Crippen molar-refractivity contribution in [1.82, 2.24) is 0 Å². The maximum Gasteiger partial charge on any atom is 0.377 e. The molecule has 2 atom stereocenters. The lowest BCUT2D eigenvalue weighted by Crippen LogP contribution is -2.66.